The van der Waals surface area contributed by atoms with Crippen LogP contribution >= 0.6 is 0 Å². The van der Waals surface area contributed by atoms with Crippen molar-refractivity contribution in [3.05, 3.63) is 48.3 Å². The first-order valence-electron chi connectivity index (χ1n) is 5.24. The Kier molecular flexibility index (Phi) is 3.12. The fourth-order valence-corrected chi connectivity index (χ4v) is 1.61. The molecule has 0 amide bonds. The minimum atomic E-state index is 0.495. The molecule has 0 aliphatic heterocycles. The van der Waals surface area contributed by atoms with Gasteiger partial charge in [0, 0.05) is 23.8 Å². The number of aryl methyl sites for hydroxylation is 1. The quantitative estimate of drug-likeness (QED) is 0.825. The summed E-state index contributed by atoms with van der Waals surface area (Å²) in [6.07, 6.45) is 7.57. The van der Waals surface area contributed by atoms with E-state index >= 15 is 0 Å². The number of imidazole rings is 1. The number of nitrogens with one attached hydrogen (secondary N) is 1. The molecule has 0 saturated heterocycles. The number of aromatic amines is 1. The van der Waals surface area contributed by atoms with Crippen LogP contribution in [0.2, 0.25) is 0 Å². The van der Waals surface area contributed by atoms with E-state index in [-0.39, 0.29) is 0 Å². The van der Waals surface area contributed by atoms with Gasteiger partial charge < -0.3 is 4.98 Å². The smallest absolute Gasteiger partial charge is 0.0921 e. The SMILES string of the molecule is CC(CCc1cnc[nH]1)c1ccccn1. The number of H-pyrrole nitrogens is 1. The van der Waals surface area contributed by atoms with Gasteiger partial charge in [-0.2, -0.15) is 0 Å². The van der Waals surface area contributed by atoms with Crippen molar-refractivity contribution in [1.29, 1.82) is 0 Å². The molecular weight excluding hydrogens is 186 g/mol. The lowest BCUT2D eigenvalue weighted by molar-refractivity contribution is 0.654. The van der Waals surface area contributed by atoms with Crippen LogP contribution < -0.4 is 0 Å². The third-order valence-electron chi connectivity index (χ3n) is 2.59. The molecule has 0 spiro atoms. The lowest BCUT2D eigenvalue weighted by atomic mass is 10.0. The maximum Gasteiger partial charge on any atom is 0.0921 e. The minimum absolute atomic E-state index is 0.495. The van der Waals surface area contributed by atoms with E-state index < -0.39 is 0 Å². The van der Waals surface area contributed by atoms with Crippen LogP contribution in [0.25, 0.3) is 0 Å². The largest absolute Gasteiger partial charge is 0.348 e. The Bertz CT molecular complexity index is 381. The first-order chi connectivity index (χ1) is 7.36. The van der Waals surface area contributed by atoms with E-state index in [0.717, 1.165) is 18.5 Å². The number of pyridine rings is 1. The Labute approximate surface area is 89.6 Å². The van der Waals surface area contributed by atoms with E-state index in [9.17, 15) is 0 Å². The van der Waals surface area contributed by atoms with Crippen LogP contribution in [-0.4, -0.2) is 15.0 Å². The van der Waals surface area contributed by atoms with Gasteiger partial charge in [0.1, 0.15) is 0 Å². The molecule has 3 nitrogen and oxygen atoms in total. The molecule has 0 saturated carbocycles. The first-order valence-corrected chi connectivity index (χ1v) is 5.24. The van der Waals surface area contributed by atoms with Gasteiger partial charge >= 0.3 is 0 Å². The van der Waals surface area contributed by atoms with Crippen molar-refractivity contribution < 1.29 is 0 Å². The van der Waals surface area contributed by atoms with Crippen LogP contribution in [0, 0.1) is 0 Å². The van der Waals surface area contributed by atoms with Crippen molar-refractivity contribution >= 4 is 0 Å². The standard InChI is InChI=1S/C12H15N3/c1-10(12-4-2-3-7-14-12)5-6-11-8-13-9-15-11/h2-4,7-10H,5-6H2,1H3,(H,13,15). The van der Waals surface area contributed by atoms with Crippen LogP contribution in [-0.2, 0) is 6.42 Å². The van der Waals surface area contributed by atoms with Crippen LogP contribution in [0.3, 0.4) is 0 Å². The van der Waals surface area contributed by atoms with Gasteiger partial charge in [-0.3, -0.25) is 4.98 Å². The molecule has 0 aromatic carbocycles. The van der Waals surface area contributed by atoms with Crippen LogP contribution in [0.4, 0.5) is 0 Å². The summed E-state index contributed by atoms with van der Waals surface area (Å²) in [6.45, 7) is 2.21. The molecule has 0 bridgehead atoms. The summed E-state index contributed by atoms with van der Waals surface area (Å²) in [5.74, 6) is 0.495. The number of nitrogens with zero attached hydrogens (tertiary/aromatic N) is 2. The van der Waals surface area contributed by atoms with Crippen molar-refractivity contribution in [3.63, 3.8) is 0 Å². The monoisotopic (exact) mass is 201 g/mol. The molecule has 0 aliphatic carbocycles. The molecule has 1 N–H and O–H groups in total. The zero-order valence-electron chi connectivity index (χ0n) is 8.85. The molecule has 1 atom stereocenters. The lowest BCUT2D eigenvalue weighted by Gasteiger charge is -2.09. The maximum absolute atomic E-state index is 4.35. The Morgan fingerprint density at radius 2 is 2.33 bits per heavy atom. The second-order valence-electron chi connectivity index (χ2n) is 3.77. The van der Waals surface area contributed by atoms with Crippen molar-refractivity contribution in [2.75, 3.05) is 0 Å². The van der Waals surface area contributed by atoms with Crippen molar-refractivity contribution in [2.45, 2.75) is 25.7 Å². The Hall–Kier alpha value is -1.64. The molecule has 2 heterocycles. The first kappa shape index (κ1) is 9.90. The Morgan fingerprint density at radius 3 is 3.00 bits per heavy atom. The molecule has 0 radical (unpaired) electrons. The second-order valence-corrected chi connectivity index (χ2v) is 3.77. The van der Waals surface area contributed by atoms with Crippen molar-refractivity contribution in [3.8, 4) is 0 Å². The molecule has 2 aromatic rings. The van der Waals surface area contributed by atoms with E-state index in [1.807, 2.05) is 24.5 Å². The van der Waals surface area contributed by atoms with E-state index in [2.05, 4.69) is 27.9 Å². The topological polar surface area (TPSA) is 41.6 Å². The molecule has 2 rings (SSSR count). The highest BCUT2D eigenvalue weighted by Gasteiger charge is 2.06. The molecule has 0 fully saturated rings. The van der Waals surface area contributed by atoms with Gasteiger partial charge in [-0.15, -0.1) is 0 Å². The van der Waals surface area contributed by atoms with Gasteiger partial charge in [-0.1, -0.05) is 13.0 Å². The molecular formula is C12H15N3. The molecule has 78 valence electrons. The van der Waals surface area contributed by atoms with Gasteiger partial charge in [0.2, 0.25) is 0 Å². The Balaban J connectivity index is 1.90. The number of aromatic nitrogens is 3. The zero-order chi connectivity index (χ0) is 10.5. The zero-order valence-corrected chi connectivity index (χ0v) is 8.85. The Morgan fingerprint density at radius 1 is 1.40 bits per heavy atom. The fourth-order valence-electron chi connectivity index (χ4n) is 1.61. The van der Waals surface area contributed by atoms with Crippen LogP contribution in [0.15, 0.2) is 36.9 Å². The average molecular weight is 201 g/mol. The van der Waals surface area contributed by atoms with E-state index in [1.165, 1.54) is 5.69 Å². The summed E-state index contributed by atoms with van der Waals surface area (Å²) in [4.78, 5) is 11.5. The normalized spacial score (nSPS) is 12.6. The summed E-state index contributed by atoms with van der Waals surface area (Å²) in [5.41, 5.74) is 2.36. The van der Waals surface area contributed by atoms with E-state index in [0.29, 0.717) is 5.92 Å². The molecule has 15 heavy (non-hydrogen) atoms. The van der Waals surface area contributed by atoms with Crippen LogP contribution in [0.5, 0.6) is 0 Å². The molecule has 1 unspecified atom stereocenters. The third-order valence-corrected chi connectivity index (χ3v) is 2.59. The predicted molar refractivity (Wildman–Crippen MR) is 59.6 cm³/mol. The van der Waals surface area contributed by atoms with Crippen molar-refractivity contribution in [1.82, 2.24) is 15.0 Å². The number of hydrogen-bond donors (Lipinski definition) is 1. The average Bonchev–Trinajstić information content (AvgIpc) is 2.80. The second kappa shape index (κ2) is 4.73. The summed E-state index contributed by atoms with van der Waals surface area (Å²) < 4.78 is 0. The fraction of sp³-hybridized carbons (Fsp3) is 0.333. The number of hydrogen-bond acceptors (Lipinski definition) is 2. The molecule has 3 heteroatoms. The van der Waals surface area contributed by atoms with E-state index in [1.54, 1.807) is 6.33 Å². The van der Waals surface area contributed by atoms with Gasteiger partial charge in [0.25, 0.3) is 0 Å². The molecule has 0 aliphatic rings. The summed E-state index contributed by atoms with van der Waals surface area (Å²) in [5, 5.41) is 0. The number of rotatable bonds is 4. The highest BCUT2D eigenvalue weighted by atomic mass is 14.9. The van der Waals surface area contributed by atoms with Gasteiger partial charge in [0.15, 0.2) is 0 Å². The maximum atomic E-state index is 4.35. The summed E-state index contributed by atoms with van der Waals surface area (Å²) in [7, 11) is 0. The molecule has 2 aromatic heterocycles. The lowest BCUT2D eigenvalue weighted by Crippen LogP contribution is -1.98. The van der Waals surface area contributed by atoms with E-state index in [4.69, 9.17) is 0 Å². The third kappa shape index (κ3) is 2.65. The van der Waals surface area contributed by atoms with Gasteiger partial charge in [0.05, 0.1) is 6.33 Å². The van der Waals surface area contributed by atoms with Crippen LogP contribution in [0.1, 0.15) is 30.7 Å². The highest BCUT2D eigenvalue weighted by molar-refractivity contribution is 5.09. The summed E-state index contributed by atoms with van der Waals surface area (Å²) >= 11 is 0. The highest BCUT2D eigenvalue weighted by Crippen LogP contribution is 2.17. The minimum Gasteiger partial charge on any atom is -0.348 e. The van der Waals surface area contributed by atoms with Gasteiger partial charge in [-0.25, -0.2) is 4.98 Å². The van der Waals surface area contributed by atoms with Gasteiger partial charge in [-0.05, 0) is 30.9 Å². The van der Waals surface area contributed by atoms with Crippen molar-refractivity contribution in [2.24, 2.45) is 0 Å². The summed E-state index contributed by atoms with van der Waals surface area (Å²) in [6, 6.07) is 6.07. The predicted octanol–water partition coefficient (Wildman–Crippen LogP) is 2.54.